The van der Waals surface area contributed by atoms with Gasteiger partial charge in [0, 0.05) is 25.7 Å². The molecule has 1 aliphatic heterocycles. The molecule has 1 aliphatic rings. The van der Waals surface area contributed by atoms with Gasteiger partial charge in [-0.1, -0.05) is 13.8 Å². The van der Waals surface area contributed by atoms with Gasteiger partial charge in [0.05, 0.1) is 13.2 Å². The van der Waals surface area contributed by atoms with Gasteiger partial charge < -0.3 is 14.8 Å². The first-order chi connectivity index (χ1) is 9.06. The highest BCUT2D eigenvalue weighted by molar-refractivity contribution is 5.76. The van der Waals surface area contributed by atoms with Crippen LogP contribution in [-0.4, -0.2) is 62.4 Å². The summed E-state index contributed by atoms with van der Waals surface area (Å²) in [6.07, 6.45) is 2.54. The predicted molar refractivity (Wildman–Crippen MR) is 75.2 cm³/mol. The highest BCUT2D eigenvalue weighted by Crippen LogP contribution is 2.13. The zero-order valence-electron chi connectivity index (χ0n) is 12.6. The summed E-state index contributed by atoms with van der Waals surface area (Å²) < 4.78 is 10.6. The molecule has 1 saturated heterocycles. The van der Waals surface area contributed by atoms with E-state index in [1.165, 1.54) is 7.11 Å². The van der Waals surface area contributed by atoms with E-state index in [-0.39, 0.29) is 18.1 Å². The van der Waals surface area contributed by atoms with Crippen LogP contribution >= 0.6 is 0 Å². The Morgan fingerprint density at radius 1 is 1.47 bits per heavy atom. The lowest BCUT2D eigenvalue weighted by Gasteiger charge is -2.34. The molecule has 19 heavy (non-hydrogen) atoms. The summed E-state index contributed by atoms with van der Waals surface area (Å²) in [5.74, 6) is -0.188. The third-order valence-electron chi connectivity index (χ3n) is 3.33. The molecule has 0 aromatic rings. The molecule has 2 atom stereocenters. The minimum atomic E-state index is -0.259. The summed E-state index contributed by atoms with van der Waals surface area (Å²) in [6, 6.07) is 0.00181. The van der Waals surface area contributed by atoms with Crippen LogP contribution in [0.2, 0.25) is 0 Å². The second kappa shape index (κ2) is 8.51. The molecule has 112 valence electrons. The Labute approximate surface area is 116 Å². The average Bonchev–Trinajstić information content (AvgIpc) is 2.37. The lowest BCUT2D eigenvalue weighted by Crippen LogP contribution is -2.52. The molecule has 0 radical (unpaired) electrons. The van der Waals surface area contributed by atoms with Crippen molar-refractivity contribution in [3.05, 3.63) is 0 Å². The molecule has 0 aromatic heterocycles. The molecule has 0 amide bonds. The van der Waals surface area contributed by atoms with Crippen molar-refractivity contribution in [3.63, 3.8) is 0 Å². The highest BCUT2D eigenvalue weighted by Gasteiger charge is 2.26. The van der Waals surface area contributed by atoms with E-state index in [1.807, 2.05) is 20.8 Å². The Kier molecular flexibility index (Phi) is 7.34. The van der Waals surface area contributed by atoms with Crippen molar-refractivity contribution in [2.75, 3.05) is 33.4 Å². The Morgan fingerprint density at radius 2 is 2.21 bits per heavy atom. The number of rotatable bonds is 7. The van der Waals surface area contributed by atoms with E-state index in [9.17, 15) is 4.79 Å². The third kappa shape index (κ3) is 5.89. The number of likely N-dealkylation sites (tertiary alicyclic amines) is 1. The fourth-order valence-electron chi connectivity index (χ4n) is 2.55. The fraction of sp³-hybridized carbons (Fsp3) is 0.929. The van der Waals surface area contributed by atoms with E-state index in [0.717, 1.165) is 32.5 Å². The molecule has 0 bridgehead atoms. The third-order valence-corrected chi connectivity index (χ3v) is 3.33. The number of hydrogen-bond donors (Lipinski definition) is 1. The standard InChI is InChI=1S/C14H28N2O3/c1-5-19-12-7-6-8-16(9-12)10-13(14(17)18-4)15-11(2)3/h11-13,15H,5-10H2,1-4H3. The number of carbonyl (C=O) groups is 1. The first-order valence-corrected chi connectivity index (χ1v) is 7.24. The molecule has 0 saturated carbocycles. The molecule has 1 rings (SSSR count). The van der Waals surface area contributed by atoms with Gasteiger partial charge in [0.1, 0.15) is 6.04 Å². The second-order valence-electron chi connectivity index (χ2n) is 5.38. The summed E-state index contributed by atoms with van der Waals surface area (Å²) >= 11 is 0. The summed E-state index contributed by atoms with van der Waals surface area (Å²) in [6.45, 7) is 9.47. The SMILES string of the molecule is CCOC1CCCN(CC(NC(C)C)C(=O)OC)C1. The first kappa shape index (κ1) is 16.4. The van der Waals surface area contributed by atoms with Crippen LogP contribution in [-0.2, 0) is 14.3 Å². The molecular formula is C14H28N2O3. The van der Waals surface area contributed by atoms with Crippen molar-refractivity contribution in [1.29, 1.82) is 0 Å². The monoisotopic (exact) mass is 272 g/mol. The maximum Gasteiger partial charge on any atom is 0.324 e. The number of carbonyl (C=O) groups excluding carboxylic acids is 1. The summed E-state index contributed by atoms with van der Waals surface area (Å²) in [5.41, 5.74) is 0. The Morgan fingerprint density at radius 3 is 2.79 bits per heavy atom. The number of nitrogens with zero attached hydrogens (tertiary/aromatic N) is 1. The highest BCUT2D eigenvalue weighted by atomic mass is 16.5. The number of piperidine rings is 1. The molecule has 5 heteroatoms. The van der Waals surface area contributed by atoms with Crippen LogP contribution < -0.4 is 5.32 Å². The van der Waals surface area contributed by atoms with Crippen molar-refractivity contribution in [2.45, 2.75) is 51.8 Å². The molecule has 5 nitrogen and oxygen atoms in total. The molecule has 1 heterocycles. The Bertz CT molecular complexity index is 269. The van der Waals surface area contributed by atoms with Crippen LogP contribution in [0, 0.1) is 0 Å². The van der Waals surface area contributed by atoms with Gasteiger partial charge in [-0.15, -0.1) is 0 Å². The smallest absolute Gasteiger partial charge is 0.324 e. The molecule has 0 aliphatic carbocycles. The number of nitrogens with one attached hydrogen (secondary N) is 1. The van der Waals surface area contributed by atoms with Crippen molar-refractivity contribution < 1.29 is 14.3 Å². The van der Waals surface area contributed by atoms with E-state index < -0.39 is 0 Å². The van der Waals surface area contributed by atoms with Gasteiger partial charge in [-0.25, -0.2) is 0 Å². The maximum atomic E-state index is 11.8. The van der Waals surface area contributed by atoms with E-state index in [1.54, 1.807) is 0 Å². The van der Waals surface area contributed by atoms with Gasteiger partial charge >= 0.3 is 5.97 Å². The summed E-state index contributed by atoms with van der Waals surface area (Å²) in [7, 11) is 1.44. The van der Waals surface area contributed by atoms with Gasteiger partial charge in [0.15, 0.2) is 0 Å². The molecular weight excluding hydrogens is 244 g/mol. The van der Waals surface area contributed by atoms with Crippen molar-refractivity contribution in [1.82, 2.24) is 10.2 Å². The van der Waals surface area contributed by atoms with Gasteiger partial charge in [0.25, 0.3) is 0 Å². The molecule has 1 N–H and O–H groups in total. The maximum absolute atomic E-state index is 11.8. The van der Waals surface area contributed by atoms with Crippen molar-refractivity contribution in [2.24, 2.45) is 0 Å². The Balaban J connectivity index is 2.50. The topological polar surface area (TPSA) is 50.8 Å². The van der Waals surface area contributed by atoms with Gasteiger partial charge in [-0.3, -0.25) is 9.69 Å². The largest absolute Gasteiger partial charge is 0.468 e. The second-order valence-corrected chi connectivity index (χ2v) is 5.38. The number of hydrogen-bond acceptors (Lipinski definition) is 5. The number of methoxy groups -OCH3 is 1. The molecule has 0 aromatic carbocycles. The van der Waals surface area contributed by atoms with Gasteiger partial charge in [-0.05, 0) is 26.3 Å². The van der Waals surface area contributed by atoms with Gasteiger partial charge in [-0.2, -0.15) is 0 Å². The lowest BCUT2D eigenvalue weighted by molar-refractivity contribution is -0.144. The minimum absolute atomic E-state index is 0.188. The van der Waals surface area contributed by atoms with Crippen molar-refractivity contribution >= 4 is 5.97 Å². The first-order valence-electron chi connectivity index (χ1n) is 7.24. The van der Waals surface area contributed by atoms with E-state index in [4.69, 9.17) is 9.47 Å². The van der Waals surface area contributed by atoms with Crippen LogP contribution in [0.5, 0.6) is 0 Å². The van der Waals surface area contributed by atoms with Gasteiger partial charge in [0.2, 0.25) is 0 Å². The average molecular weight is 272 g/mol. The van der Waals surface area contributed by atoms with Crippen LogP contribution in [0.4, 0.5) is 0 Å². The predicted octanol–water partition coefficient (Wildman–Crippen LogP) is 1.03. The zero-order chi connectivity index (χ0) is 14.3. The zero-order valence-corrected chi connectivity index (χ0v) is 12.6. The van der Waals surface area contributed by atoms with E-state index in [0.29, 0.717) is 12.6 Å². The number of esters is 1. The normalized spacial score (nSPS) is 22.5. The summed E-state index contributed by atoms with van der Waals surface area (Å²) in [4.78, 5) is 14.1. The summed E-state index contributed by atoms with van der Waals surface area (Å²) in [5, 5.41) is 3.27. The number of ether oxygens (including phenoxy) is 2. The van der Waals surface area contributed by atoms with Crippen LogP contribution in [0.3, 0.4) is 0 Å². The van der Waals surface area contributed by atoms with Crippen LogP contribution in [0.15, 0.2) is 0 Å². The minimum Gasteiger partial charge on any atom is -0.468 e. The lowest BCUT2D eigenvalue weighted by atomic mass is 10.1. The Hall–Kier alpha value is -0.650. The quantitative estimate of drug-likeness (QED) is 0.702. The molecule has 2 unspecified atom stereocenters. The van der Waals surface area contributed by atoms with Crippen molar-refractivity contribution in [3.8, 4) is 0 Å². The molecule has 0 spiro atoms. The van der Waals surface area contributed by atoms with E-state index in [2.05, 4.69) is 10.2 Å². The van der Waals surface area contributed by atoms with E-state index >= 15 is 0 Å². The van der Waals surface area contributed by atoms with Crippen LogP contribution in [0.25, 0.3) is 0 Å². The molecule has 1 fully saturated rings. The van der Waals surface area contributed by atoms with Crippen LogP contribution in [0.1, 0.15) is 33.6 Å². The fourth-order valence-corrected chi connectivity index (χ4v) is 2.55.